The number of nitro groups is 1. The number of rotatable bonds is 5. The Morgan fingerprint density at radius 1 is 1.36 bits per heavy atom. The molecule has 0 saturated heterocycles. The van der Waals surface area contributed by atoms with Gasteiger partial charge in [-0.05, 0) is 41.7 Å². The molecule has 2 aliphatic carbocycles. The topological polar surface area (TPSA) is 98.8 Å². The Morgan fingerprint density at radius 3 is 3.00 bits per heavy atom. The zero-order valence-corrected chi connectivity index (χ0v) is 12.0. The van der Waals surface area contributed by atoms with Crippen molar-refractivity contribution in [3.05, 3.63) is 45.3 Å². The molecule has 0 bridgehead atoms. The van der Waals surface area contributed by atoms with E-state index in [2.05, 4.69) is 20.8 Å². The molecule has 2 aliphatic rings. The fourth-order valence-corrected chi connectivity index (χ4v) is 3.16. The highest BCUT2D eigenvalue weighted by Crippen LogP contribution is 2.37. The zero-order valence-electron chi connectivity index (χ0n) is 12.0. The molecule has 1 fully saturated rings. The molecule has 0 aliphatic heterocycles. The van der Waals surface area contributed by atoms with Gasteiger partial charge in [-0.2, -0.15) is 0 Å². The molecule has 1 aromatic carbocycles. The van der Waals surface area contributed by atoms with Gasteiger partial charge in [-0.15, -0.1) is 5.10 Å². The quantitative estimate of drug-likeness (QED) is 0.666. The summed E-state index contributed by atoms with van der Waals surface area (Å²) < 4.78 is 1.89. The number of fused-ring (bicyclic) bond motifs is 1. The first-order valence-corrected chi connectivity index (χ1v) is 7.50. The fraction of sp³-hybridized carbons (Fsp3) is 0.500. The van der Waals surface area contributed by atoms with Crippen LogP contribution in [0.25, 0.3) is 0 Å². The minimum Gasteiger partial charge on any atom is -0.303 e. The molecule has 1 unspecified atom stereocenters. The zero-order chi connectivity index (χ0) is 15.1. The summed E-state index contributed by atoms with van der Waals surface area (Å²) in [5, 5.41) is 26.4. The second-order valence-electron chi connectivity index (χ2n) is 5.85. The number of hydrogen-bond donors (Lipinski definition) is 1. The molecule has 0 radical (unpaired) electrons. The lowest BCUT2D eigenvalue weighted by atomic mass is 10.1. The molecule has 2 aromatic rings. The van der Waals surface area contributed by atoms with Gasteiger partial charge in [-0.25, -0.2) is 4.68 Å². The number of nitrogens with zero attached hydrogens (tertiary/aromatic N) is 5. The molecular formula is C14H16N6O2. The van der Waals surface area contributed by atoms with Crippen molar-refractivity contribution < 1.29 is 4.92 Å². The summed E-state index contributed by atoms with van der Waals surface area (Å²) in [6.45, 7) is 0.580. The molecule has 0 spiro atoms. The van der Waals surface area contributed by atoms with Crippen molar-refractivity contribution in [3.63, 3.8) is 0 Å². The van der Waals surface area contributed by atoms with Crippen LogP contribution < -0.4 is 5.32 Å². The van der Waals surface area contributed by atoms with Gasteiger partial charge in [-0.1, -0.05) is 12.1 Å². The predicted molar refractivity (Wildman–Crippen MR) is 77.1 cm³/mol. The van der Waals surface area contributed by atoms with E-state index >= 15 is 0 Å². The van der Waals surface area contributed by atoms with Crippen LogP contribution in [0.5, 0.6) is 0 Å². The first-order valence-electron chi connectivity index (χ1n) is 7.50. The third-order valence-electron chi connectivity index (χ3n) is 4.40. The highest BCUT2D eigenvalue weighted by molar-refractivity contribution is 5.49. The highest BCUT2D eigenvalue weighted by atomic mass is 16.6. The molecule has 114 valence electrons. The molecule has 8 heteroatoms. The SMILES string of the molecule is O=[N+]([O-])c1cccc2c1CCC2NCc1nnnn1C1CC1. The fourth-order valence-electron chi connectivity index (χ4n) is 3.16. The van der Waals surface area contributed by atoms with Gasteiger partial charge in [-0.3, -0.25) is 10.1 Å². The molecule has 1 N–H and O–H groups in total. The molecule has 1 aromatic heterocycles. The van der Waals surface area contributed by atoms with Gasteiger partial charge in [0.2, 0.25) is 0 Å². The van der Waals surface area contributed by atoms with E-state index in [1.807, 2.05) is 10.7 Å². The summed E-state index contributed by atoms with van der Waals surface area (Å²) in [5.41, 5.74) is 2.11. The Kier molecular flexibility index (Phi) is 3.11. The maximum atomic E-state index is 11.1. The predicted octanol–water partition coefficient (Wildman–Crippen LogP) is 1.69. The number of hydrogen-bond acceptors (Lipinski definition) is 6. The van der Waals surface area contributed by atoms with E-state index in [-0.39, 0.29) is 16.7 Å². The van der Waals surface area contributed by atoms with E-state index < -0.39 is 0 Å². The van der Waals surface area contributed by atoms with E-state index in [4.69, 9.17) is 0 Å². The van der Waals surface area contributed by atoms with Gasteiger partial charge in [0.1, 0.15) is 0 Å². The minimum absolute atomic E-state index is 0.124. The van der Waals surface area contributed by atoms with Crippen LogP contribution in [0.1, 0.15) is 48.3 Å². The van der Waals surface area contributed by atoms with Gasteiger partial charge >= 0.3 is 0 Å². The summed E-state index contributed by atoms with van der Waals surface area (Å²) in [5.74, 6) is 0.835. The Hall–Kier alpha value is -2.35. The van der Waals surface area contributed by atoms with E-state index in [1.165, 1.54) is 0 Å². The van der Waals surface area contributed by atoms with Crippen molar-refractivity contribution in [1.29, 1.82) is 0 Å². The van der Waals surface area contributed by atoms with Crippen LogP contribution >= 0.6 is 0 Å². The monoisotopic (exact) mass is 300 g/mol. The number of tetrazole rings is 1. The largest absolute Gasteiger partial charge is 0.303 e. The molecule has 8 nitrogen and oxygen atoms in total. The Labute approximate surface area is 126 Å². The smallest absolute Gasteiger partial charge is 0.272 e. The third-order valence-corrected chi connectivity index (χ3v) is 4.40. The van der Waals surface area contributed by atoms with Gasteiger partial charge in [0.25, 0.3) is 5.69 Å². The summed E-state index contributed by atoms with van der Waals surface area (Å²) in [6.07, 6.45) is 3.87. The first kappa shape index (κ1) is 13.3. The Balaban J connectivity index is 1.51. The highest BCUT2D eigenvalue weighted by Gasteiger charge is 2.30. The lowest BCUT2D eigenvalue weighted by molar-refractivity contribution is -0.385. The lowest BCUT2D eigenvalue weighted by Gasteiger charge is -2.13. The normalized spacial score (nSPS) is 20.1. The number of aromatic nitrogens is 4. The van der Waals surface area contributed by atoms with Crippen molar-refractivity contribution >= 4 is 5.69 Å². The van der Waals surface area contributed by atoms with Gasteiger partial charge in [0.05, 0.1) is 17.5 Å². The molecule has 1 heterocycles. The van der Waals surface area contributed by atoms with Crippen molar-refractivity contribution in [3.8, 4) is 0 Å². The molecule has 1 atom stereocenters. The standard InChI is InChI=1S/C14H16N6O2/c21-20(22)13-3-1-2-10-11(13)6-7-12(10)15-8-14-16-17-18-19(14)9-4-5-9/h1-3,9,12,15H,4-8H2. The Bertz CT molecular complexity index is 724. The third kappa shape index (κ3) is 2.25. The van der Waals surface area contributed by atoms with Crippen LogP contribution in [-0.2, 0) is 13.0 Å². The average Bonchev–Trinajstić information content (AvgIpc) is 3.10. The summed E-state index contributed by atoms with van der Waals surface area (Å²) in [4.78, 5) is 10.8. The van der Waals surface area contributed by atoms with E-state index in [1.54, 1.807) is 12.1 Å². The van der Waals surface area contributed by atoms with Crippen LogP contribution in [0.4, 0.5) is 5.69 Å². The first-order chi connectivity index (χ1) is 10.7. The van der Waals surface area contributed by atoms with Crippen molar-refractivity contribution in [1.82, 2.24) is 25.5 Å². The minimum atomic E-state index is -0.297. The van der Waals surface area contributed by atoms with Crippen LogP contribution in [0.2, 0.25) is 0 Å². The summed E-state index contributed by atoms with van der Waals surface area (Å²) in [6, 6.07) is 5.87. The van der Waals surface area contributed by atoms with Crippen molar-refractivity contribution in [2.45, 2.75) is 44.3 Å². The van der Waals surface area contributed by atoms with Crippen LogP contribution in [0.15, 0.2) is 18.2 Å². The number of benzene rings is 1. The van der Waals surface area contributed by atoms with E-state index in [9.17, 15) is 10.1 Å². The molecule has 0 amide bonds. The van der Waals surface area contributed by atoms with Crippen molar-refractivity contribution in [2.24, 2.45) is 0 Å². The van der Waals surface area contributed by atoms with Crippen molar-refractivity contribution in [2.75, 3.05) is 0 Å². The van der Waals surface area contributed by atoms with Gasteiger partial charge in [0, 0.05) is 17.7 Å². The average molecular weight is 300 g/mol. The molecule has 1 saturated carbocycles. The second-order valence-corrected chi connectivity index (χ2v) is 5.85. The van der Waals surface area contributed by atoms with Crippen LogP contribution in [0, 0.1) is 10.1 Å². The number of nitrogens with one attached hydrogen (secondary N) is 1. The maximum absolute atomic E-state index is 11.1. The molecule has 4 rings (SSSR count). The summed E-state index contributed by atoms with van der Waals surface area (Å²) in [7, 11) is 0. The van der Waals surface area contributed by atoms with E-state index in [0.29, 0.717) is 12.6 Å². The summed E-state index contributed by atoms with van der Waals surface area (Å²) >= 11 is 0. The van der Waals surface area contributed by atoms with Crippen LogP contribution in [0.3, 0.4) is 0 Å². The second kappa shape index (κ2) is 5.13. The molecular weight excluding hydrogens is 284 g/mol. The molecule has 22 heavy (non-hydrogen) atoms. The lowest BCUT2D eigenvalue weighted by Crippen LogP contribution is -2.21. The van der Waals surface area contributed by atoms with Gasteiger partial charge in [0.15, 0.2) is 5.82 Å². The Morgan fingerprint density at radius 2 is 2.23 bits per heavy atom. The van der Waals surface area contributed by atoms with Gasteiger partial charge < -0.3 is 5.32 Å². The maximum Gasteiger partial charge on any atom is 0.272 e. The van der Waals surface area contributed by atoms with E-state index in [0.717, 1.165) is 42.6 Å². The van der Waals surface area contributed by atoms with Crippen LogP contribution in [-0.4, -0.2) is 25.1 Å². The number of nitro benzene ring substituents is 1.